The first-order chi connectivity index (χ1) is 12.0. The second-order valence-electron chi connectivity index (χ2n) is 6.06. The van der Waals surface area contributed by atoms with Crippen LogP contribution in [-0.2, 0) is 24.3 Å². The molecule has 1 N–H and O–H groups in total. The van der Waals surface area contributed by atoms with E-state index in [1.807, 2.05) is 43.3 Å². The largest absolute Gasteiger partial charge is 0.348 e. The zero-order chi connectivity index (χ0) is 18.0. The van der Waals surface area contributed by atoms with Crippen LogP contribution in [0.5, 0.6) is 0 Å². The molecule has 3 rings (SSSR count). The molecule has 7 heteroatoms. The normalized spacial score (nSPS) is 13.8. The number of amides is 1. The molecule has 0 fully saturated rings. The first-order valence-corrected chi connectivity index (χ1v) is 8.14. The van der Waals surface area contributed by atoms with Gasteiger partial charge in [0.05, 0.1) is 6.04 Å². The summed E-state index contributed by atoms with van der Waals surface area (Å²) in [6.45, 7) is 1.89. The maximum Gasteiger partial charge on any atom is 0.331 e. The Bertz CT molecular complexity index is 967. The second-order valence-corrected chi connectivity index (χ2v) is 6.06. The molecule has 1 aliphatic heterocycles. The lowest BCUT2D eigenvalue weighted by Gasteiger charge is -2.15. The molecule has 1 aromatic carbocycles. The van der Waals surface area contributed by atoms with E-state index in [1.54, 1.807) is 0 Å². The Kier molecular flexibility index (Phi) is 4.52. The predicted octanol–water partition coefficient (Wildman–Crippen LogP) is 0.705. The number of rotatable bonds is 4. The number of carbonyl (C=O) groups excluding carboxylic acids is 1. The van der Waals surface area contributed by atoms with Crippen molar-refractivity contribution in [2.45, 2.75) is 38.9 Å². The van der Waals surface area contributed by atoms with Crippen molar-refractivity contribution >= 4 is 5.91 Å². The SMILES string of the molecule is C[C@H](NC(=O)Cn1c(=O)c(C#N)c2n(c1=O)CCC2)c1ccccc1. The van der Waals surface area contributed by atoms with Crippen molar-refractivity contribution in [1.29, 1.82) is 5.26 Å². The summed E-state index contributed by atoms with van der Waals surface area (Å²) in [6, 6.07) is 11.0. The van der Waals surface area contributed by atoms with Crippen molar-refractivity contribution in [2.75, 3.05) is 0 Å². The van der Waals surface area contributed by atoms with Gasteiger partial charge in [0.2, 0.25) is 5.91 Å². The van der Waals surface area contributed by atoms with Crippen molar-refractivity contribution in [3.8, 4) is 6.07 Å². The van der Waals surface area contributed by atoms with E-state index >= 15 is 0 Å². The van der Waals surface area contributed by atoms with Crippen molar-refractivity contribution in [3.63, 3.8) is 0 Å². The van der Waals surface area contributed by atoms with E-state index in [2.05, 4.69) is 5.32 Å². The zero-order valence-corrected chi connectivity index (χ0v) is 13.9. The average molecular weight is 338 g/mol. The van der Waals surface area contributed by atoms with Crippen molar-refractivity contribution in [1.82, 2.24) is 14.5 Å². The fraction of sp³-hybridized carbons (Fsp3) is 0.333. The molecule has 0 spiro atoms. The molecule has 0 saturated heterocycles. The lowest BCUT2D eigenvalue weighted by molar-refractivity contribution is -0.122. The molecule has 1 aliphatic rings. The number of nitrogens with zero attached hydrogens (tertiary/aromatic N) is 3. The molecular weight excluding hydrogens is 320 g/mol. The fourth-order valence-corrected chi connectivity index (χ4v) is 3.14. The van der Waals surface area contributed by atoms with Gasteiger partial charge in [-0.25, -0.2) is 9.36 Å². The van der Waals surface area contributed by atoms with Crippen LogP contribution in [0.1, 0.15) is 36.2 Å². The number of fused-ring (bicyclic) bond motifs is 1. The van der Waals surface area contributed by atoms with Crippen LogP contribution in [0.4, 0.5) is 0 Å². The number of hydrogen-bond donors (Lipinski definition) is 1. The molecular formula is C18H18N4O3. The first kappa shape index (κ1) is 16.7. The van der Waals surface area contributed by atoms with Gasteiger partial charge in [-0.3, -0.25) is 14.2 Å². The average Bonchev–Trinajstić information content (AvgIpc) is 3.09. The van der Waals surface area contributed by atoms with Crippen LogP contribution in [0.2, 0.25) is 0 Å². The third kappa shape index (κ3) is 3.11. The van der Waals surface area contributed by atoms with Gasteiger partial charge < -0.3 is 5.32 Å². The van der Waals surface area contributed by atoms with Crippen molar-refractivity contribution in [3.05, 3.63) is 68.0 Å². The molecule has 0 aliphatic carbocycles. The quantitative estimate of drug-likeness (QED) is 0.887. The van der Waals surface area contributed by atoms with Crippen LogP contribution >= 0.6 is 0 Å². The Morgan fingerprint density at radius 2 is 2.04 bits per heavy atom. The summed E-state index contributed by atoms with van der Waals surface area (Å²) < 4.78 is 2.27. The second kappa shape index (κ2) is 6.77. The Labute approximate surface area is 144 Å². The molecule has 0 bridgehead atoms. The minimum absolute atomic E-state index is 0.0407. The Balaban J connectivity index is 1.86. The van der Waals surface area contributed by atoms with Gasteiger partial charge in [0.1, 0.15) is 18.2 Å². The van der Waals surface area contributed by atoms with E-state index < -0.39 is 23.7 Å². The minimum Gasteiger partial charge on any atom is -0.348 e. The van der Waals surface area contributed by atoms with Gasteiger partial charge in [0, 0.05) is 12.2 Å². The molecule has 1 atom stereocenters. The van der Waals surface area contributed by atoms with E-state index in [9.17, 15) is 19.6 Å². The van der Waals surface area contributed by atoms with Gasteiger partial charge in [0.15, 0.2) is 0 Å². The van der Waals surface area contributed by atoms with Gasteiger partial charge in [-0.05, 0) is 25.3 Å². The summed E-state index contributed by atoms with van der Waals surface area (Å²) in [4.78, 5) is 37.2. The third-order valence-corrected chi connectivity index (χ3v) is 4.42. The van der Waals surface area contributed by atoms with Crippen LogP contribution in [0.15, 0.2) is 39.9 Å². The topological polar surface area (TPSA) is 96.9 Å². The molecule has 0 saturated carbocycles. The Hall–Kier alpha value is -3.14. The van der Waals surface area contributed by atoms with Crippen LogP contribution in [0, 0.1) is 11.3 Å². The molecule has 2 aromatic rings. The van der Waals surface area contributed by atoms with Crippen molar-refractivity contribution < 1.29 is 4.79 Å². The predicted molar refractivity (Wildman–Crippen MR) is 91.0 cm³/mol. The fourth-order valence-electron chi connectivity index (χ4n) is 3.14. The Morgan fingerprint density at radius 3 is 2.72 bits per heavy atom. The minimum atomic E-state index is -0.692. The molecule has 25 heavy (non-hydrogen) atoms. The summed E-state index contributed by atoms with van der Waals surface area (Å²) >= 11 is 0. The number of carbonyl (C=O) groups is 1. The molecule has 7 nitrogen and oxygen atoms in total. The number of nitrogens with one attached hydrogen (secondary N) is 1. The van der Waals surface area contributed by atoms with Crippen LogP contribution in [-0.4, -0.2) is 15.0 Å². The highest BCUT2D eigenvalue weighted by Crippen LogP contribution is 2.13. The van der Waals surface area contributed by atoms with Gasteiger partial charge in [-0.2, -0.15) is 5.26 Å². The molecule has 1 amide bonds. The summed E-state index contributed by atoms with van der Waals surface area (Å²) in [7, 11) is 0. The van der Waals surface area contributed by atoms with Crippen LogP contribution < -0.4 is 16.6 Å². The van der Waals surface area contributed by atoms with Gasteiger partial charge in [0.25, 0.3) is 5.56 Å². The van der Waals surface area contributed by atoms with E-state index in [1.165, 1.54) is 4.57 Å². The van der Waals surface area contributed by atoms with E-state index in [0.29, 0.717) is 25.1 Å². The van der Waals surface area contributed by atoms with E-state index in [0.717, 1.165) is 10.1 Å². The summed E-state index contributed by atoms with van der Waals surface area (Å²) in [6.07, 6.45) is 1.25. The smallest absolute Gasteiger partial charge is 0.331 e. The number of benzene rings is 1. The lowest BCUT2D eigenvalue weighted by Crippen LogP contribution is -2.45. The van der Waals surface area contributed by atoms with Gasteiger partial charge in [-0.1, -0.05) is 30.3 Å². The lowest BCUT2D eigenvalue weighted by atomic mass is 10.1. The summed E-state index contributed by atoms with van der Waals surface area (Å²) in [5.74, 6) is -0.446. The third-order valence-electron chi connectivity index (χ3n) is 4.42. The number of aromatic nitrogens is 2. The van der Waals surface area contributed by atoms with E-state index in [4.69, 9.17) is 0 Å². The molecule has 0 radical (unpaired) electrons. The molecule has 2 heterocycles. The molecule has 128 valence electrons. The Morgan fingerprint density at radius 1 is 1.32 bits per heavy atom. The van der Waals surface area contributed by atoms with Crippen LogP contribution in [0.3, 0.4) is 0 Å². The standard InChI is InChI=1S/C18H18N4O3/c1-12(13-6-3-2-4-7-13)20-16(23)11-22-17(24)14(10-19)15-8-5-9-21(15)18(22)25/h2-4,6-7,12H,5,8-9,11H2,1H3,(H,20,23)/t12-/m0/s1. The number of hydrogen-bond acceptors (Lipinski definition) is 4. The highest BCUT2D eigenvalue weighted by Gasteiger charge is 2.23. The summed E-state index contributed by atoms with van der Waals surface area (Å²) in [5.41, 5.74) is 0.140. The molecule has 0 unspecified atom stereocenters. The maximum absolute atomic E-state index is 12.5. The highest BCUT2D eigenvalue weighted by molar-refractivity contribution is 5.76. The maximum atomic E-state index is 12.5. The highest BCUT2D eigenvalue weighted by atomic mass is 16.2. The monoisotopic (exact) mass is 338 g/mol. The zero-order valence-electron chi connectivity index (χ0n) is 13.9. The van der Waals surface area contributed by atoms with E-state index in [-0.39, 0.29) is 11.6 Å². The van der Waals surface area contributed by atoms with Crippen molar-refractivity contribution in [2.24, 2.45) is 0 Å². The van der Waals surface area contributed by atoms with Gasteiger partial charge >= 0.3 is 5.69 Å². The number of nitriles is 1. The first-order valence-electron chi connectivity index (χ1n) is 8.14. The van der Waals surface area contributed by atoms with Crippen LogP contribution in [0.25, 0.3) is 0 Å². The molecule has 1 aromatic heterocycles. The summed E-state index contributed by atoms with van der Waals surface area (Å²) in [5, 5.41) is 12.0. The van der Waals surface area contributed by atoms with Gasteiger partial charge in [-0.15, -0.1) is 0 Å².